The Balaban J connectivity index is 1.01. The van der Waals surface area contributed by atoms with Gasteiger partial charge in [0.25, 0.3) is 0 Å². The second kappa shape index (κ2) is 16.0. The fourth-order valence-electron chi connectivity index (χ4n) is 10.4. The third-order valence-corrected chi connectivity index (χ3v) is 13.7. The topological polar surface area (TPSA) is 16.1 Å². The molecule has 11 aromatic rings. The van der Waals surface area contributed by atoms with Gasteiger partial charge in [-0.15, -0.1) is 0 Å². The van der Waals surface area contributed by atoms with Crippen LogP contribution in [0.5, 0.6) is 0 Å². The highest BCUT2D eigenvalue weighted by atomic mass is 15.1. The lowest BCUT2D eigenvalue weighted by atomic mass is 9.82. The van der Waals surface area contributed by atoms with Gasteiger partial charge in [-0.05, 0) is 109 Å². The van der Waals surface area contributed by atoms with Crippen LogP contribution in [0.4, 0.5) is 17.1 Å². The number of nitrogens with zero attached hydrogens (tertiary/aromatic N) is 2. The van der Waals surface area contributed by atoms with Gasteiger partial charge in [0.2, 0.25) is 0 Å². The first kappa shape index (κ1) is 39.3. The zero-order valence-electron chi connectivity index (χ0n) is 37.0. The number of hydrogen-bond acceptors (Lipinski definition) is 2. The van der Waals surface area contributed by atoms with E-state index in [0.29, 0.717) is 0 Å². The smallest absolute Gasteiger partial charge is 0.0794 e. The van der Waals surface area contributed by atoms with E-state index in [1.807, 2.05) is 0 Å². The standard InChI is InChI=1S/C64H46N2/c1-64(2)59-26-14-12-25-55(59)56-38-37-50(42-60(56)64)66(62-28-16-13-22-52(62)46-31-29-44(30-32-46)43-17-5-3-6-18-43)49-35-33-47(34-36-49)58-41-48-21-9-15-27-61(48)65-63(58)57-40-39-51(45-19-7-4-8-20-45)53-23-10-11-24-54(53)57/h3-42H,1-2H3. The summed E-state index contributed by atoms with van der Waals surface area (Å²) in [6, 6.07) is 88.2. The molecular formula is C64H46N2. The van der Waals surface area contributed by atoms with Crippen molar-refractivity contribution in [2.75, 3.05) is 4.90 Å². The number of hydrogen-bond donors (Lipinski definition) is 0. The van der Waals surface area contributed by atoms with Crippen LogP contribution >= 0.6 is 0 Å². The van der Waals surface area contributed by atoms with Crippen molar-refractivity contribution < 1.29 is 0 Å². The molecule has 0 N–H and O–H groups in total. The van der Waals surface area contributed by atoms with Crippen molar-refractivity contribution >= 4 is 38.7 Å². The number of fused-ring (bicyclic) bond motifs is 5. The minimum Gasteiger partial charge on any atom is -0.310 e. The van der Waals surface area contributed by atoms with Crippen LogP contribution in [0.3, 0.4) is 0 Å². The first-order valence-corrected chi connectivity index (χ1v) is 22.9. The van der Waals surface area contributed by atoms with E-state index in [9.17, 15) is 0 Å². The van der Waals surface area contributed by atoms with Crippen molar-refractivity contribution in [3.8, 4) is 66.9 Å². The van der Waals surface area contributed by atoms with Crippen molar-refractivity contribution in [3.05, 3.63) is 254 Å². The van der Waals surface area contributed by atoms with E-state index >= 15 is 0 Å². The fraction of sp³-hybridized carbons (Fsp3) is 0.0469. The van der Waals surface area contributed by atoms with Crippen molar-refractivity contribution in [2.24, 2.45) is 0 Å². The molecule has 312 valence electrons. The summed E-state index contributed by atoms with van der Waals surface area (Å²) in [6.07, 6.45) is 0. The van der Waals surface area contributed by atoms with Crippen molar-refractivity contribution in [3.63, 3.8) is 0 Å². The van der Waals surface area contributed by atoms with Crippen LogP contribution in [0.25, 0.3) is 88.6 Å². The van der Waals surface area contributed by atoms with Crippen LogP contribution < -0.4 is 4.90 Å². The molecule has 1 aliphatic carbocycles. The van der Waals surface area contributed by atoms with E-state index in [0.717, 1.165) is 61.5 Å². The summed E-state index contributed by atoms with van der Waals surface area (Å²) in [7, 11) is 0. The first-order valence-electron chi connectivity index (χ1n) is 22.9. The summed E-state index contributed by atoms with van der Waals surface area (Å²) >= 11 is 0. The summed E-state index contributed by atoms with van der Waals surface area (Å²) in [5.74, 6) is 0. The SMILES string of the molecule is CC1(C)c2ccccc2-c2ccc(N(c3ccc(-c4cc5ccccc5nc4-c4ccc(-c5ccccc5)c5ccccc45)cc3)c3ccccc3-c3ccc(-c4ccccc4)cc3)cc21. The molecule has 0 amide bonds. The van der Waals surface area contributed by atoms with E-state index in [1.54, 1.807) is 0 Å². The van der Waals surface area contributed by atoms with Gasteiger partial charge in [0.1, 0.15) is 0 Å². The molecule has 0 aliphatic heterocycles. The Hall–Kier alpha value is -8.33. The second-order valence-electron chi connectivity index (χ2n) is 17.9. The fourth-order valence-corrected chi connectivity index (χ4v) is 10.4. The van der Waals surface area contributed by atoms with Gasteiger partial charge < -0.3 is 4.90 Å². The highest BCUT2D eigenvalue weighted by Gasteiger charge is 2.36. The number of aromatic nitrogens is 1. The molecule has 10 aromatic carbocycles. The average molecular weight is 843 g/mol. The molecule has 0 bridgehead atoms. The van der Waals surface area contributed by atoms with Gasteiger partial charge in [-0.1, -0.05) is 214 Å². The van der Waals surface area contributed by atoms with E-state index in [1.165, 1.54) is 55.3 Å². The van der Waals surface area contributed by atoms with E-state index in [4.69, 9.17) is 4.98 Å². The summed E-state index contributed by atoms with van der Waals surface area (Å²) in [5, 5.41) is 3.50. The lowest BCUT2D eigenvalue weighted by Gasteiger charge is -2.30. The Kier molecular flexibility index (Phi) is 9.54. The van der Waals surface area contributed by atoms with Gasteiger partial charge in [-0.25, -0.2) is 4.98 Å². The minimum absolute atomic E-state index is 0.146. The summed E-state index contributed by atoms with van der Waals surface area (Å²) in [4.78, 5) is 7.89. The molecule has 1 aliphatic rings. The third-order valence-electron chi connectivity index (χ3n) is 13.7. The number of rotatable bonds is 8. The molecule has 0 unspecified atom stereocenters. The first-order chi connectivity index (χ1) is 32.5. The molecular weight excluding hydrogens is 797 g/mol. The Morgan fingerprint density at radius 2 is 0.833 bits per heavy atom. The predicted octanol–water partition coefficient (Wildman–Crippen LogP) is 17.5. The van der Waals surface area contributed by atoms with Crippen LogP contribution in [-0.2, 0) is 5.41 Å². The average Bonchev–Trinajstić information content (AvgIpc) is 3.61. The van der Waals surface area contributed by atoms with Gasteiger partial charge in [-0.3, -0.25) is 0 Å². The summed E-state index contributed by atoms with van der Waals surface area (Å²) in [6.45, 7) is 4.72. The number of benzene rings is 10. The Morgan fingerprint density at radius 1 is 0.333 bits per heavy atom. The van der Waals surface area contributed by atoms with Crippen LogP contribution in [0.15, 0.2) is 243 Å². The van der Waals surface area contributed by atoms with Gasteiger partial charge in [0.15, 0.2) is 0 Å². The van der Waals surface area contributed by atoms with E-state index in [2.05, 4.69) is 261 Å². The molecule has 0 fully saturated rings. The highest BCUT2D eigenvalue weighted by molar-refractivity contribution is 6.07. The van der Waals surface area contributed by atoms with Gasteiger partial charge in [-0.2, -0.15) is 0 Å². The lowest BCUT2D eigenvalue weighted by Crippen LogP contribution is -2.16. The minimum atomic E-state index is -0.146. The third kappa shape index (κ3) is 6.69. The van der Waals surface area contributed by atoms with Crippen LogP contribution in [-0.4, -0.2) is 4.98 Å². The molecule has 2 heteroatoms. The molecule has 0 radical (unpaired) electrons. The van der Waals surface area contributed by atoms with Gasteiger partial charge in [0.05, 0.1) is 16.9 Å². The van der Waals surface area contributed by atoms with E-state index in [-0.39, 0.29) is 5.41 Å². The summed E-state index contributed by atoms with van der Waals surface area (Å²) < 4.78 is 0. The van der Waals surface area contributed by atoms with Crippen molar-refractivity contribution in [1.82, 2.24) is 4.98 Å². The Labute approximate surface area is 386 Å². The number of para-hydroxylation sites is 2. The largest absolute Gasteiger partial charge is 0.310 e. The van der Waals surface area contributed by atoms with E-state index < -0.39 is 0 Å². The van der Waals surface area contributed by atoms with Crippen molar-refractivity contribution in [1.29, 1.82) is 0 Å². The zero-order valence-corrected chi connectivity index (χ0v) is 37.0. The van der Waals surface area contributed by atoms with Crippen LogP contribution in [0, 0.1) is 0 Å². The maximum Gasteiger partial charge on any atom is 0.0794 e. The van der Waals surface area contributed by atoms with Gasteiger partial charge >= 0.3 is 0 Å². The van der Waals surface area contributed by atoms with Gasteiger partial charge in [0, 0.05) is 38.9 Å². The monoisotopic (exact) mass is 842 g/mol. The van der Waals surface area contributed by atoms with Crippen molar-refractivity contribution in [2.45, 2.75) is 19.3 Å². The summed E-state index contributed by atoms with van der Waals surface area (Å²) in [5.41, 5.74) is 20.9. The quantitative estimate of drug-likeness (QED) is 0.151. The number of pyridine rings is 1. The van der Waals surface area contributed by atoms with Crippen LogP contribution in [0.2, 0.25) is 0 Å². The molecule has 1 aromatic heterocycles. The molecule has 1 heterocycles. The molecule has 0 saturated heterocycles. The molecule has 2 nitrogen and oxygen atoms in total. The normalized spacial score (nSPS) is 12.5. The molecule has 0 atom stereocenters. The molecule has 0 spiro atoms. The maximum atomic E-state index is 5.45. The van der Waals surface area contributed by atoms with Crippen LogP contribution in [0.1, 0.15) is 25.0 Å². The number of anilines is 3. The molecule has 0 saturated carbocycles. The predicted molar refractivity (Wildman–Crippen MR) is 279 cm³/mol. The molecule has 66 heavy (non-hydrogen) atoms. The zero-order chi connectivity index (χ0) is 44.2. The Morgan fingerprint density at radius 3 is 1.61 bits per heavy atom. The molecule has 12 rings (SSSR count). The maximum absolute atomic E-state index is 5.45. The second-order valence-corrected chi connectivity index (χ2v) is 17.9. The Bertz CT molecular complexity index is 3590. The lowest BCUT2D eigenvalue weighted by molar-refractivity contribution is 0.660. The highest BCUT2D eigenvalue weighted by Crippen LogP contribution is 2.51.